The number of nitriles is 1. The second-order valence-electron chi connectivity index (χ2n) is 3.93. The Labute approximate surface area is 99.3 Å². The number of hydrogen-bond acceptors (Lipinski definition) is 5. The van der Waals surface area contributed by atoms with Crippen LogP contribution in [0.15, 0.2) is 6.07 Å². The van der Waals surface area contributed by atoms with Gasteiger partial charge in [0.1, 0.15) is 11.8 Å². The smallest absolute Gasteiger partial charge is 0.239 e. The first kappa shape index (κ1) is 11.3. The van der Waals surface area contributed by atoms with E-state index in [0.29, 0.717) is 24.7 Å². The first-order valence-corrected chi connectivity index (χ1v) is 5.46. The summed E-state index contributed by atoms with van der Waals surface area (Å²) >= 11 is 0. The van der Waals surface area contributed by atoms with E-state index in [1.165, 1.54) is 0 Å². The molecule has 1 N–H and O–H groups in total. The largest absolute Gasteiger partial charge is 0.354 e. The number of anilines is 1. The van der Waals surface area contributed by atoms with Crippen LogP contribution in [-0.2, 0) is 4.79 Å². The molecule has 1 aliphatic heterocycles. The summed E-state index contributed by atoms with van der Waals surface area (Å²) in [5.41, 5.74) is 1.06. The summed E-state index contributed by atoms with van der Waals surface area (Å²) in [5.74, 6) is 0.421. The first-order valence-electron chi connectivity index (χ1n) is 5.46. The van der Waals surface area contributed by atoms with Crippen LogP contribution < -0.4 is 10.2 Å². The SMILES string of the molecule is Cc1cc(C#N)nc(N2CCCNC(=O)C2)n1. The third-order valence-corrected chi connectivity index (χ3v) is 2.50. The van der Waals surface area contributed by atoms with Crippen molar-refractivity contribution >= 4 is 11.9 Å². The molecule has 0 unspecified atom stereocenters. The molecule has 0 aromatic carbocycles. The number of nitrogens with zero attached hydrogens (tertiary/aromatic N) is 4. The van der Waals surface area contributed by atoms with Gasteiger partial charge < -0.3 is 10.2 Å². The number of hydrogen-bond donors (Lipinski definition) is 1. The molecule has 1 saturated heterocycles. The second-order valence-corrected chi connectivity index (χ2v) is 3.93. The second kappa shape index (κ2) is 4.78. The molecule has 2 rings (SSSR count). The van der Waals surface area contributed by atoms with E-state index in [-0.39, 0.29) is 12.5 Å². The van der Waals surface area contributed by atoms with Gasteiger partial charge in [0.15, 0.2) is 0 Å². The molecule has 2 heterocycles. The predicted octanol–water partition coefficient (Wildman–Crippen LogP) is -0.0170. The van der Waals surface area contributed by atoms with Gasteiger partial charge in [0, 0.05) is 18.8 Å². The summed E-state index contributed by atoms with van der Waals surface area (Å²) < 4.78 is 0. The summed E-state index contributed by atoms with van der Waals surface area (Å²) in [4.78, 5) is 21.6. The molecule has 88 valence electrons. The van der Waals surface area contributed by atoms with Crippen molar-refractivity contribution in [3.63, 3.8) is 0 Å². The average Bonchev–Trinajstić information content (AvgIpc) is 2.53. The Kier molecular flexibility index (Phi) is 3.19. The molecule has 1 amide bonds. The third-order valence-electron chi connectivity index (χ3n) is 2.50. The Bertz CT molecular complexity index is 479. The van der Waals surface area contributed by atoms with Gasteiger partial charge >= 0.3 is 0 Å². The predicted molar refractivity (Wildman–Crippen MR) is 61.3 cm³/mol. The average molecular weight is 231 g/mol. The summed E-state index contributed by atoms with van der Waals surface area (Å²) in [6.07, 6.45) is 0.852. The Morgan fingerprint density at radius 2 is 2.35 bits per heavy atom. The lowest BCUT2D eigenvalue weighted by Gasteiger charge is -2.18. The molecule has 0 aliphatic carbocycles. The zero-order valence-corrected chi connectivity index (χ0v) is 9.60. The Morgan fingerprint density at radius 3 is 3.12 bits per heavy atom. The Morgan fingerprint density at radius 1 is 1.53 bits per heavy atom. The molecule has 6 nitrogen and oxygen atoms in total. The maximum absolute atomic E-state index is 11.4. The van der Waals surface area contributed by atoms with Crippen LogP contribution in [0, 0.1) is 18.3 Å². The van der Waals surface area contributed by atoms with Gasteiger partial charge in [-0.05, 0) is 19.4 Å². The maximum Gasteiger partial charge on any atom is 0.239 e. The van der Waals surface area contributed by atoms with Gasteiger partial charge in [-0.25, -0.2) is 9.97 Å². The number of rotatable bonds is 1. The van der Waals surface area contributed by atoms with Crippen molar-refractivity contribution in [1.29, 1.82) is 5.26 Å². The van der Waals surface area contributed by atoms with E-state index < -0.39 is 0 Å². The number of amides is 1. The van der Waals surface area contributed by atoms with Crippen molar-refractivity contribution in [3.05, 3.63) is 17.5 Å². The van der Waals surface area contributed by atoms with Crippen molar-refractivity contribution in [1.82, 2.24) is 15.3 Å². The molecule has 0 bridgehead atoms. The van der Waals surface area contributed by atoms with Gasteiger partial charge in [0.25, 0.3) is 0 Å². The lowest BCUT2D eigenvalue weighted by atomic mass is 10.3. The summed E-state index contributed by atoms with van der Waals surface area (Å²) in [5, 5.41) is 11.6. The number of aromatic nitrogens is 2. The number of aryl methyl sites for hydroxylation is 1. The number of carbonyl (C=O) groups excluding carboxylic acids is 1. The zero-order chi connectivity index (χ0) is 12.3. The zero-order valence-electron chi connectivity index (χ0n) is 9.60. The molecule has 1 aromatic heterocycles. The molecule has 17 heavy (non-hydrogen) atoms. The number of carbonyl (C=O) groups is 1. The highest BCUT2D eigenvalue weighted by molar-refractivity contribution is 5.81. The normalized spacial score (nSPS) is 16.0. The van der Waals surface area contributed by atoms with Crippen LogP contribution >= 0.6 is 0 Å². The highest BCUT2D eigenvalue weighted by Gasteiger charge is 2.17. The van der Waals surface area contributed by atoms with E-state index in [1.807, 2.05) is 13.0 Å². The van der Waals surface area contributed by atoms with Crippen molar-refractivity contribution in [2.45, 2.75) is 13.3 Å². The van der Waals surface area contributed by atoms with E-state index in [0.717, 1.165) is 12.1 Å². The first-order chi connectivity index (χ1) is 8.19. The molecule has 1 aliphatic rings. The fourth-order valence-corrected chi connectivity index (χ4v) is 1.73. The van der Waals surface area contributed by atoms with E-state index in [1.54, 1.807) is 11.0 Å². The van der Waals surface area contributed by atoms with Crippen LogP contribution in [0.2, 0.25) is 0 Å². The molecule has 0 spiro atoms. The molecule has 0 atom stereocenters. The van der Waals surface area contributed by atoms with Crippen LogP contribution in [0.5, 0.6) is 0 Å². The lowest BCUT2D eigenvalue weighted by Crippen LogP contribution is -2.34. The maximum atomic E-state index is 11.4. The van der Waals surface area contributed by atoms with Crippen molar-refractivity contribution in [2.24, 2.45) is 0 Å². The fourth-order valence-electron chi connectivity index (χ4n) is 1.73. The van der Waals surface area contributed by atoms with Crippen molar-refractivity contribution in [2.75, 3.05) is 24.5 Å². The van der Waals surface area contributed by atoms with Gasteiger partial charge in [0.2, 0.25) is 11.9 Å². The van der Waals surface area contributed by atoms with Crippen molar-refractivity contribution in [3.8, 4) is 6.07 Å². The van der Waals surface area contributed by atoms with Crippen molar-refractivity contribution < 1.29 is 4.79 Å². The van der Waals surface area contributed by atoms with Gasteiger partial charge in [-0.2, -0.15) is 5.26 Å². The molecule has 0 radical (unpaired) electrons. The lowest BCUT2D eigenvalue weighted by molar-refractivity contribution is -0.119. The Balaban J connectivity index is 2.29. The molecule has 1 aromatic rings. The standard InChI is InChI=1S/C11H13N5O/c1-8-5-9(6-12)15-11(14-8)16-4-2-3-13-10(17)7-16/h5H,2-4,7H2,1H3,(H,13,17). The van der Waals surface area contributed by atoms with Crippen LogP contribution in [0.3, 0.4) is 0 Å². The third kappa shape index (κ3) is 2.69. The van der Waals surface area contributed by atoms with Gasteiger partial charge in [-0.3, -0.25) is 4.79 Å². The van der Waals surface area contributed by atoms with Gasteiger partial charge in [-0.15, -0.1) is 0 Å². The minimum Gasteiger partial charge on any atom is -0.354 e. The highest BCUT2D eigenvalue weighted by Crippen LogP contribution is 2.11. The monoisotopic (exact) mass is 231 g/mol. The van der Waals surface area contributed by atoms with E-state index in [2.05, 4.69) is 15.3 Å². The van der Waals surface area contributed by atoms with E-state index in [4.69, 9.17) is 5.26 Å². The van der Waals surface area contributed by atoms with Crippen LogP contribution in [0.25, 0.3) is 0 Å². The van der Waals surface area contributed by atoms with Crippen LogP contribution in [0.1, 0.15) is 17.8 Å². The summed E-state index contributed by atoms with van der Waals surface area (Å²) in [6.45, 7) is 3.44. The summed E-state index contributed by atoms with van der Waals surface area (Å²) in [6, 6.07) is 3.62. The van der Waals surface area contributed by atoms with E-state index in [9.17, 15) is 4.79 Å². The summed E-state index contributed by atoms with van der Waals surface area (Å²) in [7, 11) is 0. The topological polar surface area (TPSA) is 81.9 Å². The molecular weight excluding hydrogens is 218 g/mol. The minimum atomic E-state index is -0.0360. The molecular formula is C11H13N5O. The van der Waals surface area contributed by atoms with Gasteiger partial charge in [-0.1, -0.05) is 0 Å². The quantitative estimate of drug-likeness (QED) is 0.734. The van der Waals surface area contributed by atoms with Gasteiger partial charge in [0.05, 0.1) is 6.54 Å². The number of nitrogens with one attached hydrogen (secondary N) is 1. The minimum absolute atomic E-state index is 0.0360. The van der Waals surface area contributed by atoms with E-state index >= 15 is 0 Å². The fraction of sp³-hybridized carbons (Fsp3) is 0.455. The molecule has 0 saturated carbocycles. The van der Waals surface area contributed by atoms with Crippen LogP contribution in [0.4, 0.5) is 5.95 Å². The van der Waals surface area contributed by atoms with Crippen LogP contribution in [-0.4, -0.2) is 35.5 Å². The highest BCUT2D eigenvalue weighted by atomic mass is 16.2. The Hall–Kier alpha value is -2.16. The molecule has 6 heteroatoms. The molecule has 1 fully saturated rings.